The molecule has 1 amide bonds. The molecule has 0 spiro atoms. The summed E-state index contributed by atoms with van der Waals surface area (Å²) in [7, 11) is 0. The molecule has 0 aromatic carbocycles. The van der Waals surface area contributed by atoms with Crippen LogP contribution in [0, 0.1) is 0 Å². The van der Waals surface area contributed by atoms with Crippen LogP contribution < -0.4 is 16.0 Å². The molecule has 6 unspecified atom stereocenters. The first-order valence-electron chi connectivity index (χ1n) is 6.26. The summed E-state index contributed by atoms with van der Waals surface area (Å²) in [5.74, 6) is -0.113. The highest BCUT2D eigenvalue weighted by atomic mass is 16.6. The molecule has 6 N–H and O–H groups in total. The summed E-state index contributed by atoms with van der Waals surface area (Å²) in [5.41, 5.74) is 0. The lowest BCUT2D eigenvalue weighted by molar-refractivity contribution is -0.130. The van der Waals surface area contributed by atoms with Gasteiger partial charge in [-0.3, -0.25) is 15.4 Å². The molecule has 3 rings (SSSR count). The third-order valence-corrected chi connectivity index (χ3v) is 3.87. The normalized spacial score (nSPS) is 47.2. The average molecular weight is 274 g/mol. The fourth-order valence-electron chi connectivity index (χ4n) is 2.83. The lowest BCUT2D eigenvalue weighted by Gasteiger charge is -2.35. The highest BCUT2D eigenvalue weighted by Gasteiger charge is 2.51. The van der Waals surface area contributed by atoms with E-state index in [-0.39, 0.29) is 18.7 Å². The minimum Gasteiger partial charge on any atom is -0.394 e. The van der Waals surface area contributed by atoms with Gasteiger partial charge in [-0.1, -0.05) is 0 Å². The Morgan fingerprint density at radius 3 is 2.79 bits per heavy atom. The number of carbonyl (C=O) groups excluding carboxylic acids is 1. The Kier molecular flexibility index (Phi) is 3.43. The number of ether oxygens (including phenoxy) is 1. The number of amides is 1. The summed E-state index contributed by atoms with van der Waals surface area (Å²) in [6.07, 6.45) is -4.13. The number of nitrogens with one attached hydrogen (secondary N) is 3. The predicted octanol–water partition coefficient (Wildman–Crippen LogP) is -4.34. The second kappa shape index (κ2) is 4.94. The molecule has 3 heterocycles. The summed E-state index contributed by atoms with van der Waals surface area (Å²) in [6.45, 7) is 0.327. The van der Waals surface area contributed by atoms with Crippen LogP contribution in [0.5, 0.6) is 0 Å². The maximum absolute atomic E-state index is 11.7. The van der Waals surface area contributed by atoms with E-state index in [2.05, 4.69) is 16.0 Å². The highest BCUT2D eigenvalue weighted by molar-refractivity contribution is 5.83. The van der Waals surface area contributed by atoms with Crippen molar-refractivity contribution in [3.05, 3.63) is 0 Å². The fourth-order valence-corrected chi connectivity index (χ4v) is 2.83. The molecule has 0 aliphatic carbocycles. The van der Waals surface area contributed by atoms with Gasteiger partial charge in [-0.05, 0) is 0 Å². The molecule has 3 fully saturated rings. The average Bonchev–Trinajstić information content (AvgIpc) is 2.94. The van der Waals surface area contributed by atoms with Crippen LogP contribution in [-0.2, 0) is 9.53 Å². The largest absolute Gasteiger partial charge is 0.394 e. The van der Waals surface area contributed by atoms with Gasteiger partial charge in [0.05, 0.1) is 26.1 Å². The number of nitrogens with zero attached hydrogens (tertiary/aromatic N) is 1. The molecule has 0 radical (unpaired) electrons. The lowest BCUT2D eigenvalue weighted by Crippen LogP contribution is -2.64. The van der Waals surface area contributed by atoms with Crippen LogP contribution in [0.25, 0.3) is 0 Å². The highest BCUT2D eigenvalue weighted by Crippen LogP contribution is 2.27. The second-order valence-electron chi connectivity index (χ2n) is 4.95. The van der Waals surface area contributed by atoms with Crippen LogP contribution in [0.2, 0.25) is 0 Å². The maximum Gasteiger partial charge on any atom is 0.241 e. The SMILES string of the molecule is O=C1NCNC2C1NCN2C1OC(CO)C(O)C1O. The van der Waals surface area contributed by atoms with Crippen LogP contribution in [-0.4, -0.2) is 82.8 Å². The van der Waals surface area contributed by atoms with Gasteiger partial charge in [-0.15, -0.1) is 0 Å². The molecule has 0 aromatic heterocycles. The fraction of sp³-hybridized carbons (Fsp3) is 0.900. The third kappa shape index (κ3) is 2.03. The number of aliphatic hydroxyl groups excluding tert-OH is 3. The van der Waals surface area contributed by atoms with Gasteiger partial charge in [0.15, 0.2) is 0 Å². The van der Waals surface area contributed by atoms with Crippen LogP contribution in [0.3, 0.4) is 0 Å². The van der Waals surface area contributed by atoms with E-state index < -0.39 is 30.6 Å². The third-order valence-electron chi connectivity index (χ3n) is 3.87. The standard InChI is InChI=1S/C10H18N4O5/c15-1-4-6(16)7(17)10(19-4)14-3-13-5-8(14)11-2-12-9(5)18/h4-8,10-11,13,15-17H,1-3H2,(H,12,18). The molecule has 3 saturated heterocycles. The van der Waals surface area contributed by atoms with Gasteiger partial charge in [0.25, 0.3) is 0 Å². The molecular formula is C10H18N4O5. The number of hydrogen-bond acceptors (Lipinski definition) is 8. The molecule has 3 aliphatic rings. The monoisotopic (exact) mass is 274 g/mol. The van der Waals surface area contributed by atoms with Crippen molar-refractivity contribution in [1.82, 2.24) is 20.9 Å². The zero-order chi connectivity index (χ0) is 13.6. The summed E-state index contributed by atoms with van der Waals surface area (Å²) in [6, 6.07) is -0.421. The van der Waals surface area contributed by atoms with Crippen molar-refractivity contribution in [2.45, 2.75) is 36.7 Å². The molecule has 0 saturated carbocycles. The number of fused-ring (bicyclic) bond motifs is 1. The van der Waals surface area contributed by atoms with E-state index in [4.69, 9.17) is 9.84 Å². The Hall–Kier alpha value is -0.810. The van der Waals surface area contributed by atoms with Gasteiger partial charge in [0.1, 0.15) is 30.6 Å². The summed E-state index contributed by atoms with van der Waals surface area (Å²) in [5, 5.41) is 37.6. The second-order valence-corrected chi connectivity index (χ2v) is 4.95. The Balaban J connectivity index is 1.75. The Morgan fingerprint density at radius 1 is 1.32 bits per heavy atom. The summed E-state index contributed by atoms with van der Waals surface area (Å²) in [4.78, 5) is 13.4. The van der Waals surface area contributed by atoms with E-state index in [1.165, 1.54) is 0 Å². The topological polar surface area (TPSA) is 126 Å². The van der Waals surface area contributed by atoms with Crippen LogP contribution in [0.1, 0.15) is 0 Å². The molecule has 0 aromatic rings. The first-order valence-corrected chi connectivity index (χ1v) is 6.26. The van der Waals surface area contributed by atoms with Crippen molar-refractivity contribution in [1.29, 1.82) is 0 Å². The zero-order valence-corrected chi connectivity index (χ0v) is 10.2. The molecular weight excluding hydrogens is 256 g/mol. The van der Waals surface area contributed by atoms with Gasteiger partial charge >= 0.3 is 0 Å². The number of aliphatic hydroxyl groups is 3. The zero-order valence-electron chi connectivity index (χ0n) is 10.2. The van der Waals surface area contributed by atoms with Gasteiger partial charge < -0.3 is 25.4 Å². The molecule has 0 bridgehead atoms. The van der Waals surface area contributed by atoms with E-state index in [1.54, 1.807) is 4.90 Å². The first-order chi connectivity index (χ1) is 9.13. The van der Waals surface area contributed by atoms with E-state index in [9.17, 15) is 15.0 Å². The van der Waals surface area contributed by atoms with Gasteiger partial charge in [-0.25, -0.2) is 4.90 Å². The predicted molar refractivity (Wildman–Crippen MR) is 61.3 cm³/mol. The van der Waals surface area contributed by atoms with Gasteiger partial charge in [-0.2, -0.15) is 0 Å². The van der Waals surface area contributed by atoms with Crippen molar-refractivity contribution in [3.8, 4) is 0 Å². The molecule has 9 heteroatoms. The molecule has 6 atom stereocenters. The van der Waals surface area contributed by atoms with Crippen molar-refractivity contribution in [2.75, 3.05) is 19.9 Å². The summed E-state index contributed by atoms with van der Waals surface area (Å²) < 4.78 is 5.47. The molecule has 9 nitrogen and oxygen atoms in total. The molecule has 3 aliphatic heterocycles. The number of carbonyl (C=O) groups is 1. The van der Waals surface area contributed by atoms with Crippen LogP contribution in [0.4, 0.5) is 0 Å². The summed E-state index contributed by atoms with van der Waals surface area (Å²) >= 11 is 0. The Morgan fingerprint density at radius 2 is 2.11 bits per heavy atom. The van der Waals surface area contributed by atoms with Crippen LogP contribution >= 0.6 is 0 Å². The number of hydrogen-bond donors (Lipinski definition) is 6. The van der Waals surface area contributed by atoms with Crippen molar-refractivity contribution in [3.63, 3.8) is 0 Å². The molecule has 108 valence electrons. The van der Waals surface area contributed by atoms with Crippen molar-refractivity contribution < 1.29 is 24.9 Å². The quantitative estimate of drug-likeness (QED) is 0.298. The maximum atomic E-state index is 11.7. The minimum absolute atomic E-state index is 0.113. The lowest BCUT2D eigenvalue weighted by atomic mass is 10.1. The van der Waals surface area contributed by atoms with Gasteiger partial charge in [0.2, 0.25) is 5.91 Å². The van der Waals surface area contributed by atoms with Gasteiger partial charge in [0, 0.05) is 0 Å². The van der Waals surface area contributed by atoms with E-state index >= 15 is 0 Å². The van der Waals surface area contributed by atoms with E-state index in [0.29, 0.717) is 13.3 Å². The van der Waals surface area contributed by atoms with E-state index in [1.807, 2.05) is 0 Å². The minimum atomic E-state index is -1.13. The Bertz CT molecular complexity index is 370. The smallest absolute Gasteiger partial charge is 0.241 e. The number of rotatable bonds is 2. The van der Waals surface area contributed by atoms with Crippen molar-refractivity contribution >= 4 is 5.91 Å². The van der Waals surface area contributed by atoms with E-state index in [0.717, 1.165) is 0 Å². The van der Waals surface area contributed by atoms with Crippen LogP contribution in [0.15, 0.2) is 0 Å². The Labute approximate surface area is 109 Å². The van der Waals surface area contributed by atoms with Crippen molar-refractivity contribution in [2.24, 2.45) is 0 Å². The molecule has 19 heavy (non-hydrogen) atoms. The first kappa shape index (κ1) is 13.2.